The van der Waals surface area contributed by atoms with Crippen LogP contribution in [0.15, 0.2) is 59.4 Å². The van der Waals surface area contributed by atoms with Crippen LogP contribution in [0, 0.1) is 16.7 Å². The molecule has 0 saturated carbocycles. The summed E-state index contributed by atoms with van der Waals surface area (Å²) in [6.07, 6.45) is 1.91. The number of aliphatic hydroxyl groups excluding tert-OH is 1. The summed E-state index contributed by atoms with van der Waals surface area (Å²) in [5, 5.41) is 28.3. The average Bonchev–Trinajstić information content (AvgIpc) is 3.22. The second kappa shape index (κ2) is 13.0. The van der Waals surface area contributed by atoms with Crippen molar-refractivity contribution in [1.82, 2.24) is 9.88 Å². The van der Waals surface area contributed by atoms with Crippen molar-refractivity contribution in [3.63, 3.8) is 0 Å². The molecule has 0 bridgehead atoms. The molecule has 0 spiro atoms. The number of hydrogen-bond acceptors (Lipinski definition) is 7. The van der Waals surface area contributed by atoms with Gasteiger partial charge in [-0.25, -0.2) is 0 Å². The fraction of sp³-hybridized carbons (Fsp3) is 0.310. The first-order chi connectivity index (χ1) is 18.6. The number of rotatable bonds is 9. The van der Waals surface area contributed by atoms with Crippen LogP contribution >= 0.6 is 11.3 Å². The second-order valence-electron chi connectivity index (χ2n) is 9.92. The molecule has 3 aromatic rings. The van der Waals surface area contributed by atoms with E-state index in [1.807, 2.05) is 57.2 Å². The molecule has 0 aliphatic heterocycles. The topological polar surface area (TPSA) is 136 Å². The maximum Gasteiger partial charge on any atom is 0.270 e. The third-order valence-electron chi connectivity index (χ3n) is 5.83. The Labute approximate surface area is 231 Å². The molecule has 0 fully saturated rings. The van der Waals surface area contributed by atoms with Crippen molar-refractivity contribution < 1.29 is 14.7 Å². The Morgan fingerprint density at radius 3 is 2.44 bits per heavy atom. The number of benzene rings is 2. The summed E-state index contributed by atoms with van der Waals surface area (Å²) in [5.41, 5.74) is 1.10. The van der Waals surface area contributed by atoms with Crippen LogP contribution in [0.25, 0.3) is 11.8 Å². The number of carbonyl (C=O) groups is 2. The molecule has 39 heavy (non-hydrogen) atoms. The van der Waals surface area contributed by atoms with Crippen molar-refractivity contribution in [3.05, 3.63) is 79.7 Å². The SMILES string of the molecule is CCn1c(=O)/c(=C\Nc2cccc(NC(=O)C(C)(C)C)c2)s/c1=C(/C#N)C(=O)N[C@H](CO)Cc1ccccc1. The first kappa shape index (κ1) is 29.4. The zero-order chi connectivity index (χ0) is 28.6. The van der Waals surface area contributed by atoms with Gasteiger partial charge in [0.25, 0.3) is 11.5 Å². The van der Waals surface area contributed by atoms with Crippen LogP contribution in [0.4, 0.5) is 11.4 Å². The molecule has 2 aromatic carbocycles. The number of aliphatic hydroxyl groups is 1. The number of thiazole rings is 1. The average molecular weight is 548 g/mol. The fourth-order valence-electron chi connectivity index (χ4n) is 3.66. The Balaban J connectivity index is 1.89. The van der Waals surface area contributed by atoms with Gasteiger partial charge in [-0.05, 0) is 37.1 Å². The maximum absolute atomic E-state index is 13.1. The van der Waals surface area contributed by atoms with Gasteiger partial charge in [-0.2, -0.15) is 5.26 Å². The number of nitrogens with zero attached hydrogens (tertiary/aromatic N) is 2. The van der Waals surface area contributed by atoms with E-state index >= 15 is 0 Å². The zero-order valence-electron chi connectivity index (χ0n) is 22.4. The van der Waals surface area contributed by atoms with Crippen LogP contribution in [0.1, 0.15) is 33.3 Å². The van der Waals surface area contributed by atoms with Crippen LogP contribution in [-0.4, -0.2) is 34.1 Å². The molecule has 0 radical (unpaired) electrons. The fourth-order valence-corrected chi connectivity index (χ4v) is 4.75. The van der Waals surface area contributed by atoms with Gasteiger partial charge >= 0.3 is 0 Å². The highest BCUT2D eigenvalue weighted by atomic mass is 32.1. The number of anilines is 2. The summed E-state index contributed by atoms with van der Waals surface area (Å²) in [4.78, 5) is 38.4. The highest BCUT2D eigenvalue weighted by Crippen LogP contribution is 2.20. The molecule has 9 nitrogen and oxygen atoms in total. The molecular weight excluding hydrogens is 514 g/mol. The Kier molecular flexibility index (Phi) is 9.82. The standard InChI is InChI=1S/C29H33N5O4S/c1-5-34-26(37)24(17-31-20-12-9-13-21(15-20)33-28(38)29(2,3)4)39-27(34)23(16-30)25(36)32-22(18-35)14-19-10-7-6-8-11-19/h6-13,15,17,22,31,35H,5,14,18H2,1-4H3,(H,32,36)(H,33,38)/b24-17+,27-23-/t22-/m0/s1. The summed E-state index contributed by atoms with van der Waals surface area (Å²) in [6.45, 7) is 7.19. The van der Waals surface area contributed by atoms with Crippen LogP contribution in [0.2, 0.25) is 0 Å². The van der Waals surface area contributed by atoms with E-state index in [2.05, 4.69) is 16.0 Å². The van der Waals surface area contributed by atoms with Crippen molar-refractivity contribution in [1.29, 1.82) is 5.26 Å². The van der Waals surface area contributed by atoms with Gasteiger partial charge in [-0.3, -0.25) is 19.0 Å². The minimum absolute atomic E-state index is 0.123. The lowest BCUT2D eigenvalue weighted by atomic mass is 9.95. The highest BCUT2D eigenvalue weighted by molar-refractivity contribution is 7.07. The second-order valence-corrected chi connectivity index (χ2v) is 11.0. The number of carbonyl (C=O) groups excluding carboxylic acids is 2. The van der Waals surface area contributed by atoms with Gasteiger partial charge in [0.05, 0.1) is 12.6 Å². The van der Waals surface area contributed by atoms with Crippen LogP contribution < -0.4 is 30.7 Å². The molecule has 204 valence electrons. The third kappa shape index (κ3) is 7.66. The minimum atomic E-state index is -0.655. The van der Waals surface area contributed by atoms with E-state index in [1.54, 1.807) is 31.2 Å². The van der Waals surface area contributed by atoms with Crippen LogP contribution in [0.5, 0.6) is 0 Å². The molecule has 0 aliphatic rings. The van der Waals surface area contributed by atoms with Gasteiger partial charge in [-0.15, -0.1) is 11.3 Å². The number of aromatic nitrogens is 1. The van der Waals surface area contributed by atoms with Gasteiger partial charge in [0.2, 0.25) is 5.91 Å². The molecule has 0 unspecified atom stereocenters. The lowest BCUT2D eigenvalue weighted by Gasteiger charge is -2.18. The van der Waals surface area contributed by atoms with Gasteiger partial charge in [-0.1, -0.05) is 57.2 Å². The van der Waals surface area contributed by atoms with Crippen molar-refractivity contribution in [2.45, 2.75) is 46.7 Å². The van der Waals surface area contributed by atoms with Crippen molar-refractivity contribution >= 4 is 46.3 Å². The molecule has 1 atom stereocenters. The molecule has 0 aliphatic carbocycles. The maximum atomic E-state index is 13.1. The van der Waals surface area contributed by atoms with E-state index in [1.165, 1.54) is 10.8 Å². The molecule has 3 rings (SSSR count). The molecule has 10 heteroatoms. The number of nitriles is 1. The summed E-state index contributed by atoms with van der Waals surface area (Å²) < 4.78 is 1.92. The molecule has 4 N–H and O–H groups in total. The highest BCUT2D eigenvalue weighted by Gasteiger charge is 2.21. The normalized spacial score (nSPS) is 13.3. The predicted molar refractivity (Wildman–Crippen MR) is 154 cm³/mol. The van der Waals surface area contributed by atoms with Gasteiger partial charge in [0.1, 0.15) is 15.3 Å². The van der Waals surface area contributed by atoms with Crippen molar-refractivity contribution in [3.8, 4) is 6.07 Å². The first-order valence-electron chi connectivity index (χ1n) is 12.5. The Bertz CT molecular complexity index is 1550. The largest absolute Gasteiger partial charge is 0.394 e. The molecule has 0 saturated heterocycles. The van der Waals surface area contributed by atoms with Crippen molar-refractivity contribution in [2.75, 3.05) is 17.2 Å². The van der Waals surface area contributed by atoms with Gasteiger partial charge in [0.15, 0.2) is 5.57 Å². The van der Waals surface area contributed by atoms with Crippen molar-refractivity contribution in [2.24, 2.45) is 5.41 Å². The summed E-state index contributed by atoms with van der Waals surface area (Å²) in [7, 11) is 0. The number of amides is 2. The van der Waals surface area contributed by atoms with E-state index < -0.39 is 17.4 Å². The lowest BCUT2D eigenvalue weighted by Crippen LogP contribution is -2.41. The van der Waals surface area contributed by atoms with Crippen LogP contribution in [0.3, 0.4) is 0 Å². The molecule has 1 heterocycles. The monoisotopic (exact) mass is 547 g/mol. The first-order valence-corrected chi connectivity index (χ1v) is 13.4. The summed E-state index contributed by atoms with van der Waals surface area (Å²) in [5.74, 6) is -0.778. The van der Waals surface area contributed by atoms with Gasteiger partial charge in [0, 0.05) is 29.5 Å². The van der Waals surface area contributed by atoms with Gasteiger partial charge < -0.3 is 21.1 Å². The predicted octanol–water partition coefficient (Wildman–Crippen LogP) is 2.16. The minimum Gasteiger partial charge on any atom is -0.394 e. The van der Waals surface area contributed by atoms with Crippen LogP contribution in [-0.2, 0) is 22.6 Å². The molecule has 1 aromatic heterocycles. The molecular formula is C29H33N5O4S. The Hall–Kier alpha value is -4.20. The summed E-state index contributed by atoms with van der Waals surface area (Å²) >= 11 is 1.03. The Morgan fingerprint density at radius 2 is 1.82 bits per heavy atom. The van der Waals surface area contributed by atoms with E-state index in [-0.39, 0.29) is 34.9 Å². The van der Waals surface area contributed by atoms with E-state index in [9.17, 15) is 24.8 Å². The van der Waals surface area contributed by atoms with E-state index in [0.29, 0.717) is 22.3 Å². The smallest absolute Gasteiger partial charge is 0.270 e. The molecule has 2 amide bonds. The number of nitrogens with one attached hydrogen (secondary N) is 3. The van der Waals surface area contributed by atoms with E-state index in [4.69, 9.17) is 0 Å². The third-order valence-corrected chi connectivity index (χ3v) is 6.96. The zero-order valence-corrected chi connectivity index (χ0v) is 23.3. The quantitative estimate of drug-likeness (QED) is 0.324. The Morgan fingerprint density at radius 1 is 1.13 bits per heavy atom. The number of hydrogen-bond donors (Lipinski definition) is 4. The summed E-state index contributed by atoms with van der Waals surface area (Å²) in [6, 6.07) is 17.8. The van der Waals surface area contributed by atoms with E-state index in [0.717, 1.165) is 16.9 Å². The lowest BCUT2D eigenvalue weighted by molar-refractivity contribution is -0.123.